The van der Waals surface area contributed by atoms with Crippen molar-refractivity contribution in [1.82, 2.24) is 0 Å². The number of rotatable bonds is 2. The number of ether oxygens (including phenoxy) is 1. The number of hydrogen-bond acceptors (Lipinski definition) is 3. The van der Waals surface area contributed by atoms with Crippen molar-refractivity contribution in [1.29, 1.82) is 0 Å². The van der Waals surface area contributed by atoms with E-state index in [1.165, 1.54) is 0 Å². The van der Waals surface area contributed by atoms with Crippen molar-refractivity contribution in [3.05, 3.63) is 23.8 Å². The van der Waals surface area contributed by atoms with Crippen LogP contribution >= 0.6 is 0 Å². The summed E-state index contributed by atoms with van der Waals surface area (Å²) >= 11 is 0. The highest BCUT2D eigenvalue weighted by Crippen LogP contribution is 2.36. The molecule has 0 aromatic heterocycles. The van der Waals surface area contributed by atoms with Gasteiger partial charge in [-0.25, -0.2) is 0 Å². The van der Waals surface area contributed by atoms with Crippen LogP contribution in [0.1, 0.15) is 19.4 Å². The van der Waals surface area contributed by atoms with Gasteiger partial charge >= 0.3 is 0 Å². The summed E-state index contributed by atoms with van der Waals surface area (Å²) in [6.45, 7) is 4.80. The van der Waals surface area contributed by atoms with E-state index in [0.717, 1.165) is 23.4 Å². The molecule has 1 aliphatic rings. The van der Waals surface area contributed by atoms with Gasteiger partial charge in [0.05, 0.1) is 11.1 Å². The maximum absolute atomic E-state index is 12.3. The summed E-state index contributed by atoms with van der Waals surface area (Å²) in [5.74, 6) is 0.836. The number of nitrogens with two attached hydrogens (primary N) is 1. The number of amides is 1. The Morgan fingerprint density at radius 1 is 1.44 bits per heavy atom. The summed E-state index contributed by atoms with van der Waals surface area (Å²) in [5.41, 5.74) is 7.02. The molecule has 1 aromatic rings. The van der Waals surface area contributed by atoms with Crippen LogP contribution in [0, 0.1) is 5.41 Å². The summed E-state index contributed by atoms with van der Waals surface area (Å²) in [4.78, 5) is 14.0. The monoisotopic (exact) mass is 248 g/mol. The van der Waals surface area contributed by atoms with Crippen molar-refractivity contribution in [3.63, 3.8) is 0 Å². The van der Waals surface area contributed by atoms with Gasteiger partial charge in [0.2, 0.25) is 5.91 Å². The van der Waals surface area contributed by atoms with E-state index in [1.807, 2.05) is 32.0 Å². The highest BCUT2D eigenvalue weighted by molar-refractivity contribution is 5.98. The van der Waals surface area contributed by atoms with E-state index < -0.39 is 5.41 Å². The largest absolute Gasteiger partial charge is 0.490 e. The molecule has 0 bridgehead atoms. The van der Waals surface area contributed by atoms with E-state index in [2.05, 4.69) is 0 Å². The molecule has 0 saturated heterocycles. The summed E-state index contributed by atoms with van der Waals surface area (Å²) in [7, 11) is 1.80. The fourth-order valence-electron chi connectivity index (χ4n) is 2.15. The first kappa shape index (κ1) is 12.9. The summed E-state index contributed by atoms with van der Waals surface area (Å²) in [6.07, 6.45) is 0.804. The molecule has 0 spiro atoms. The molecule has 0 radical (unpaired) electrons. The molecule has 1 aliphatic heterocycles. The third kappa shape index (κ3) is 2.20. The van der Waals surface area contributed by atoms with Crippen LogP contribution in [-0.4, -0.2) is 26.1 Å². The van der Waals surface area contributed by atoms with Gasteiger partial charge in [0.25, 0.3) is 0 Å². The van der Waals surface area contributed by atoms with Crippen LogP contribution in [0.25, 0.3) is 0 Å². The second kappa shape index (κ2) is 4.61. The zero-order valence-electron chi connectivity index (χ0n) is 11.2. The Morgan fingerprint density at radius 3 is 2.83 bits per heavy atom. The molecular weight excluding hydrogens is 228 g/mol. The van der Waals surface area contributed by atoms with Gasteiger partial charge in [0.15, 0.2) is 0 Å². The predicted octanol–water partition coefficient (Wildman–Crippen LogP) is 1.57. The molecule has 2 rings (SSSR count). The van der Waals surface area contributed by atoms with Crippen LogP contribution in [0.4, 0.5) is 5.69 Å². The van der Waals surface area contributed by atoms with Crippen molar-refractivity contribution < 1.29 is 9.53 Å². The maximum Gasteiger partial charge on any atom is 0.235 e. The minimum absolute atomic E-state index is 0.0751. The highest BCUT2D eigenvalue weighted by atomic mass is 16.5. The molecule has 0 saturated carbocycles. The molecular formula is C14H20N2O2. The van der Waals surface area contributed by atoms with Crippen molar-refractivity contribution in [2.24, 2.45) is 11.1 Å². The molecule has 4 heteroatoms. The van der Waals surface area contributed by atoms with Gasteiger partial charge in [0, 0.05) is 7.05 Å². The Morgan fingerprint density at radius 2 is 2.17 bits per heavy atom. The third-order valence-corrected chi connectivity index (χ3v) is 3.29. The average Bonchev–Trinajstić information content (AvgIpc) is 2.42. The fourth-order valence-corrected chi connectivity index (χ4v) is 2.15. The van der Waals surface area contributed by atoms with Gasteiger partial charge < -0.3 is 15.4 Å². The van der Waals surface area contributed by atoms with Crippen molar-refractivity contribution in [2.75, 3.05) is 25.1 Å². The molecule has 1 heterocycles. The molecule has 1 aromatic carbocycles. The Kier molecular flexibility index (Phi) is 3.30. The van der Waals surface area contributed by atoms with Crippen molar-refractivity contribution >= 4 is 11.6 Å². The molecule has 0 atom stereocenters. The van der Waals surface area contributed by atoms with Gasteiger partial charge in [-0.05, 0) is 44.5 Å². The van der Waals surface area contributed by atoms with Gasteiger partial charge in [-0.15, -0.1) is 0 Å². The van der Waals surface area contributed by atoms with Crippen LogP contribution in [0.15, 0.2) is 18.2 Å². The Bertz CT molecular complexity index is 469. The van der Waals surface area contributed by atoms with Gasteiger partial charge in [0.1, 0.15) is 12.4 Å². The molecule has 18 heavy (non-hydrogen) atoms. The lowest BCUT2D eigenvalue weighted by molar-refractivity contribution is -0.127. The summed E-state index contributed by atoms with van der Waals surface area (Å²) in [5, 5.41) is 0. The average molecular weight is 248 g/mol. The summed E-state index contributed by atoms with van der Waals surface area (Å²) < 4.78 is 5.74. The zero-order valence-corrected chi connectivity index (χ0v) is 11.2. The maximum atomic E-state index is 12.3. The molecule has 1 amide bonds. The first-order valence-corrected chi connectivity index (χ1v) is 6.19. The van der Waals surface area contributed by atoms with Gasteiger partial charge in [-0.2, -0.15) is 0 Å². The number of benzene rings is 1. The normalized spacial score (nSPS) is 18.0. The lowest BCUT2D eigenvalue weighted by Gasteiger charge is -2.24. The van der Waals surface area contributed by atoms with E-state index in [9.17, 15) is 4.79 Å². The fraction of sp³-hybridized carbons (Fsp3) is 0.500. The van der Waals surface area contributed by atoms with Crippen LogP contribution in [-0.2, 0) is 11.2 Å². The highest BCUT2D eigenvalue weighted by Gasteiger charge is 2.35. The molecule has 2 N–H and O–H groups in total. The molecule has 0 unspecified atom stereocenters. The Labute approximate surface area is 108 Å². The van der Waals surface area contributed by atoms with Crippen LogP contribution in [0.3, 0.4) is 0 Å². The second-order valence-electron chi connectivity index (χ2n) is 5.38. The lowest BCUT2D eigenvalue weighted by Crippen LogP contribution is -2.39. The smallest absolute Gasteiger partial charge is 0.235 e. The minimum Gasteiger partial charge on any atom is -0.490 e. The van der Waals surface area contributed by atoms with Crippen LogP contribution in [0.2, 0.25) is 0 Å². The number of hydrogen-bond donors (Lipinski definition) is 1. The summed E-state index contributed by atoms with van der Waals surface area (Å²) in [6, 6.07) is 5.91. The van der Waals surface area contributed by atoms with Crippen molar-refractivity contribution in [2.45, 2.75) is 20.3 Å². The molecule has 0 aliphatic carbocycles. The molecule has 0 fully saturated rings. The first-order valence-electron chi connectivity index (χ1n) is 6.19. The zero-order chi connectivity index (χ0) is 13.3. The number of fused-ring (bicyclic) bond motifs is 1. The molecule has 4 nitrogen and oxygen atoms in total. The number of carbonyl (C=O) groups excluding carboxylic acids is 1. The number of nitrogens with zero attached hydrogens (tertiary/aromatic N) is 1. The minimum atomic E-state index is -0.498. The van der Waals surface area contributed by atoms with Crippen LogP contribution in [0.5, 0.6) is 5.75 Å². The van der Waals surface area contributed by atoms with E-state index in [0.29, 0.717) is 13.2 Å². The second-order valence-corrected chi connectivity index (χ2v) is 5.38. The lowest BCUT2D eigenvalue weighted by atomic mass is 9.93. The quantitative estimate of drug-likeness (QED) is 0.864. The van der Waals surface area contributed by atoms with E-state index in [4.69, 9.17) is 10.5 Å². The number of carbonyl (C=O) groups is 1. The van der Waals surface area contributed by atoms with Crippen LogP contribution < -0.4 is 15.4 Å². The van der Waals surface area contributed by atoms with Crippen molar-refractivity contribution in [3.8, 4) is 5.75 Å². The topological polar surface area (TPSA) is 55.6 Å². The standard InChI is InChI=1S/C14H20N2O2/c1-14(2)9-18-12-5-4-10(6-7-15)8-11(12)16(3)13(14)17/h4-5,8H,6-7,9,15H2,1-3H3. The first-order chi connectivity index (χ1) is 8.45. The SMILES string of the molecule is CN1C(=O)C(C)(C)COc2ccc(CCN)cc21. The van der Waals surface area contributed by atoms with Gasteiger partial charge in [-0.3, -0.25) is 4.79 Å². The molecule has 98 valence electrons. The van der Waals surface area contributed by atoms with E-state index in [-0.39, 0.29) is 5.91 Å². The van der Waals surface area contributed by atoms with Gasteiger partial charge in [-0.1, -0.05) is 6.07 Å². The Balaban J connectivity index is 2.42. The van der Waals surface area contributed by atoms with E-state index in [1.54, 1.807) is 11.9 Å². The Hall–Kier alpha value is -1.55. The predicted molar refractivity (Wildman–Crippen MR) is 71.9 cm³/mol. The third-order valence-electron chi connectivity index (χ3n) is 3.29. The number of anilines is 1. The van der Waals surface area contributed by atoms with E-state index >= 15 is 0 Å².